The minimum atomic E-state index is -0.295. The lowest BCUT2D eigenvalue weighted by atomic mass is 9.97. The normalized spacial score (nSPS) is 13.6. The predicted octanol–water partition coefficient (Wildman–Crippen LogP) is 3.52. The zero-order chi connectivity index (χ0) is 19.1. The van der Waals surface area contributed by atoms with Gasteiger partial charge in [0, 0.05) is 16.0 Å². The van der Waals surface area contributed by atoms with Crippen molar-refractivity contribution in [3.63, 3.8) is 0 Å². The second-order valence-electron chi connectivity index (χ2n) is 7.02. The molecule has 28 heavy (non-hydrogen) atoms. The van der Waals surface area contributed by atoms with Crippen LogP contribution in [0.15, 0.2) is 47.3 Å². The molecule has 1 amide bonds. The summed E-state index contributed by atoms with van der Waals surface area (Å²) in [5.74, 6) is -0.295. The highest BCUT2D eigenvalue weighted by molar-refractivity contribution is 7.18. The number of aryl methyl sites for hydroxylation is 2. The minimum absolute atomic E-state index is 0.157. The third-order valence-corrected chi connectivity index (χ3v) is 6.38. The molecule has 2 aromatic carbocycles. The molecule has 0 fully saturated rings. The van der Waals surface area contributed by atoms with E-state index in [9.17, 15) is 9.59 Å². The van der Waals surface area contributed by atoms with Gasteiger partial charge in [0.1, 0.15) is 6.54 Å². The zero-order valence-electron chi connectivity index (χ0n) is 15.1. The largest absolute Gasteiger partial charge is 0.324 e. The first-order valence-corrected chi connectivity index (χ1v) is 10.2. The third kappa shape index (κ3) is 2.88. The second-order valence-corrected chi connectivity index (χ2v) is 8.10. The summed E-state index contributed by atoms with van der Waals surface area (Å²) >= 11 is 1.56. The van der Waals surface area contributed by atoms with Crippen molar-refractivity contribution in [1.82, 2.24) is 15.0 Å². The van der Waals surface area contributed by atoms with Crippen molar-refractivity contribution >= 4 is 43.9 Å². The molecular weight excluding hydrogens is 372 g/mol. The fraction of sp³-hybridized carbons (Fsp3) is 0.238. The molecule has 0 atom stereocenters. The van der Waals surface area contributed by atoms with E-state index in [1.165, 1.54) is 9.56 Å². The highest BCUT2D eigenvalue weighted by Gasteiger charge is 2.21. The lowest BCUT2D eigenvalue weighted by molar-refractivity contribution is -0.117. The first kappa shape index (κ1) is 17.1. The van der Waals surface area contributed by atoms with E-state index in [0.29, 0.717) is 10.2 Å². The molecule has 1 aliphatic carbocycles. The van der Waals surface area contributed by atoms with Crippen LogP contribution in [-0.2, 0) is 24.2 Å². The molecule has 140 valence electrons. The summed E-state index contributed by atoms with van der Waals surface area (Å²) in [6.45, 7) is -0.157. The molecule has 2 aromatic heterocycles. The molecule has 1 aliphatic rings. The van der Waals surface area contributed by atoms with Gasteiger partial charge in [-0.05, 0) is 42.7 Å². The number of nitrogens with zero attached hydrogens (tertiary/aromatic N) is 3. The van der Waals surface area contributed by atoms with E-state index >= 15 is 0 Å². The Kier molecular flexibility index (Phi) is 4.16. The number of hydrogen-bond donors (Lipinski definition) is 1. The summed E-state index contributed by atoms with van der Waals surface area (Å²) in [7, 11) is 0. The van der Waals surface area contributed by atoms with Crippen LogP contribution in [0.2, 0.25) is 0 Å². The Hall–Kier alpha value is -3.06. The monoisotopic (exact) mass is 390 g/mol. The van der Waals surface area contributed by atoms with Gasteiger partial charge in [0.15, 0.2) is 4.83 Å². The number of aromatic nitrogens is 3. The van der Waals surface area contributed by atoms with Gasteiger partial charge >= 0.3 is 0 Å². The summed E-state index contributed by atoms with van der Waals surface area (Å²) < 4.78 is 1.17. The highest BCUT2D eigenvalue weighted by atomic mass is 32.1. The molecular formula is C21H18N4O2S. The molecule has 4 aromatic rings. The lowest BCUT2D eigenvalue weighted by Crippen LogP contribution is -2.30. The van der Waals surface area contributed by atoms with E-state index in [-0.39, 0.29) is 18.0 Å². The van der Waals surface area contributed by atoms with Gasteiger partial charge in [-0.25, -0.2) is 4.68 Å². The molecule has 5 rings (SSSR count). The number of amides is 1. The average molecular weight is 390 g/mol. The number of rotatable bonds is 3. The molecule has 7 heteroatoms. The van der Waals surface area contributed by atoms with Gasteiger partial charge in [-0.1, -0.05) is 41.6 Å². The number of carbonyl (C=O) groups is 1. The molecule has 0 radical (unpaired) electrons. The molecule has 0 bridgehead atoms. The van der Waals surface area contributed by atoms with Crippen molar-refractivity contribution in [3.05, 3.63) is 63.3 Å². The van der Waals surface area contributed by atoms with Crippen LogP contribution >= 0.6 is 11.3 Å². The van der Waals surface area contributed by atoms with Crippen molar-refractivity contribution in [3.8, 4) is 0 Å². The van der Waals surface area contributed by atoms with Gasteiger partial charge < -0.3 is 5.32 Å². The maximum Gasteiger partial charge on any atom is 0.279 e. The zero-order valence-corrected chi connectivity index (χ0v) is 16.0. The van der Waals surface area contributed by atoms with E-state index in [1.807, 2.05) is 42.5 Å². The van der Waals surface area contributed by atoms with Crippen LogP contribution in [0.3, 0.4) is 0 Å². The van der Waals surface area contributed by atoms with Crippen LogP contribution in [0.4, 0.5) is 5.69 Å². The van der Waals surface area contributed by atoms with Gasteiger partial charge in [0.25, 0.3) is 5.56 Å². The molecule has 1 N–H and O–H groups in total. The number of carbonyl (C=O) groups excluding carboxylic acids is 1. The standard InChI is InChI=1S/C21H18N4O2S/c26-18(22-16-10-5-7-13-6-1-2-8-14(13)16)12-25-21(27)19-15-9-3-4-11-17(15)28-20(19)23-24-25/h1-2,5-8,10H,3-4,9,11-12H2,(H,22,26). The number of nitrogens with one attached hydrogen (secondary N) is 1. The van der Waals surface area contributed by atoms with Crippen LogP contribution in [-0.4, -0.2) is 20.9 Å². The number of benzene rings is 2. The Bertz CT molecular complexity index is 1270. The van der Waals surface area contributed by atoms with Gasteiger partial charge in [0.05, 0.1) is 5.39 Å². The average Bonchev–Trinajstić information content (AvgIpc) is 3.10. The van der Waals surface area contributed by atoms with E-state index in [4.69, 9.17) is 0 Å². The molecule has 0 saturated heterocycles. The number of thiophene rings is 1. The lowest BCUT2D eigenvalue weighted by Gasteiger charge is -2.10. The fourth-order valence-electron chi connectivity index (χ4n) is 3.87. The maximum atomic E-state index is 12.9. The fourth-order valence-corrected chi connectivity index (χ4v) is 5.07. The Balaban J connectivity index is 1.46. The van der Waals surface area contributed by atoms with Crippen molar-refractivity contribution in [2.75, 3.05) is 5.32 Å². The van der Waals surface area contributed by atoms with Crippen LogP contribution in [0, 0.1) is 0 Å². The van der Waals surface area contributed by atoms with E-state index in [0.717, 1.165) is 47.7 Å². The molecule has 0 saturated carbocycles. The van der Waals surface area contributed by atoms with E-state index in [1.54, 1.807) is 11.3 Å². The van der Waals surface area contributed by atoms with Gasteiger partial charge in [-0.15, -0.1) is 16.4 Å². The Labute approximate surface area is 164 Å². The van der Waals surface area contributed by atoms with E-state index < -0.39 is 0 Å². The SMILES string of the molecule is O=C(Cn1nnc2sc3c(c2c1=O)CCCC3)Nc1cccc2ccccc12. The third-order valence-electron chi connectivity index (χ3n) is 5.20. The first-order chi connectivity index (χ1) is 13.7. The predicted molar refractivity (Wildman–Crippen MR) is 111 cm³/mol. The van der Waals surface area contributed by atoms with E-state index in [2.05, 4.69) is 15.6 Å². The first-order valence-electron chi connectivity index (χ1n) is 9.36. The minimum Gasteiger partial charge on any atom is -0.324 e. The molecule has 2 heterocycles. The maximum absolute atomic E-state index is 12.9. The summed E-state index contributed by atoms with van der Waals surface area (Å²) in [6, 6.07) is 13.6. The molecule has 0 spiro atoms. The topological polar surface area (TPSA) is 76.9 Å². The summed E-state index contributed by atoms with van der Waals surface area (Å²) in [5, 5.41) is 13.8. The van der Waals surface area contributed by atoms with Crippen LogP contribution in [0.1, 0.15) is 23.3 Å². The second kappa shape index (κ2) is 6.83. The molecule has 0 aliphatic heterocycles. The molecule has 6 nitrogen and oxygen atoms in total. The Morgan fingerprint density at radius 2 is 1.93 bits per heavy atom. The van der Waals surface area contributed by atoms with Crippen molar-refractivity contribution in [2.45, 2.75) is 32.2 Å². The smallest absolute Gasteiger partial charge is 0.279 e. The van der Waals surface area contributed by atoms with Crippen LogP contribution < -0.4 is 10.9 Å². The number of fused-ring (bicyclic) bond motifs is 4. The van der Waals surface area contributed by atoms with Gasteiger partial charge in [-0.3, -0.25) is 9.59 Å². The Morgan fingerprint density at radius 1 is 1.11 bits per heavy atom. The van der Waals surface area contributed by atoms with Crippen molar-refractivity contribution in [2.24, 2.45) is 0 Å². The van der Waals surface area contributed by atoms with Crippen molar-refractivity contribution in [1.29, 1.82) is 0 Å². The van der Waals surface area contributed by atoms with Gasteiger partial charge in [-0.2, -0.15) is 0 Å². The number of anilines is 1. The highest BCUT2D eigenvalue weighted by Crippen LogP contribution is 2.33. The summed E-state index contributed by atoms with van der Waals surface area (Å²) in [6.07, 6.45) is 4.13. The molecule has 0 unspecified atom stereocenters. The summed E-state index contributed by atoms with van der Waals surface area (Å²) in [4.78, 5) is 27.5. The number of hydrogen-bond acceptors (Lipinski definition) is 5. The van der Waals surface area contributed by atoms with Crippen LogP contribution in [0.25, 0.3) is 21.0 Å². The van der Waals surface area contributed by atoms with Crippen LogP contribution in [0.5, 0.6) is 0 Å². The summed E-state index contributed by atoms with van der Waals surface area (Å²) in [5.41, 5.74) is 1.60. The quantitative estimate of drug-likeness (QED) is 0.581. The van der Waals surface area contributed by atoms with Crippen molar-refractivity contribution < 1.29 is 4.79 Å². The Morgan fingerprint density at radius 3 is 2.86 bits per heavy atom. The van der Waals surface area contributed by atoms with Gasteiger partial charge in [0.2, 0.25) is 5.91 Å².